The minimum Gasteiger partial charge on any atom is -0.214 e. The molecule has 13 heavy (non-hydrogen) atoms. The van der Waals surface area contributed by atoms with Crippen LogP contribution in [0.25, 0.3) is 0 Å². The normalized spacial score (nSPS) is 18.9. The maximum atomic E-state index is 12.2. The molecule has 0 saturated heterocycles. The van der Waals surface area contributed by atoms with E-state index in [4.69, 9.17) is 0 Å². The lowest BCUT2D eigenvalue weighted by atomic mass is 10.2. The maximum Gasteiger partial charge on any atom is 0.439 e. The summed E-state index contributed by atoms with van der Waals surface area (Å²) in [5, 5.41) is 0. The van der Waals surface area contributed by atoms with Gasteiger partial charge >= 0.3 is 23.1 Å². The Balaban J connectivity index is 5.04. The lowest BCUT2D eigenvalue weighted by Gasteiger charge is -2.29. The maximum absolute atomic E-state index is 12.2. The average Bonchev–Trinajstić information content (AvgIpc) is 1.84. The summed E-state index contributed by atoms with van der Waals surface area (Å²) < 4.78 is 87.6. The van der Waals surface area contributed by atoms with Crippen LogP contribution in [0.4, 0.5) is 35.1 Å². The summed E-state index contributed by atoms with van der Waals surface area (Å²) in [7, 11) is 0. The SMILES string of the molecule is FC(F)C(F)(F)C(F)(Br)C(F)(F)F. The predicted molar refractivity (Wildman–Crippen MR) is 29.8 cm³/mol. The topological polar surface area (TPSA) is 0 Å². The first kappa shape index (κ1) is 12.9. The van der Waals surface area contributed by atoms with Crippen molar-refractivity contribution >= 4 is 15.9 Å². The fourth-order valence-corrected chi connectivity index (χ4v) is 0.499. The van der Waals surface area contributed by atoms with Crippen LogP contribution in [0.3, 0.4) is 0 Å². The molecule has 0 spiro atoms. The third-order valence-electron chi connectivity index (χ3n) is 1.05. The summed E-state index contributed by atoms with van der Waals surface area (Å²) in [4.78, 5) is 0. The zero-order chi connectivity index (χ0) is 11.1. The van der Waals surface area contributed by atoms with E-state index in [1.54, 1.807) is 0 Å². The van der Waals surface area contributed by atoms with Crippen molar-refractivity contribution in [2.24, 2.45) is 0 Å². The molecule has 0 aromatic carbocycles. The van der Waals surface area contributed by atoms with Crippen LogP contribution in [0.5, 0.6) is 0 Å². The van der Waals surface area contributed by atoms with Crippen molar-refractivity contribution in [3.05, 3.63) is 0 Å². The van der Waals surface area contributed by atoms with Crippen LogP contribution in [0.15, 0.2) is 0 Å². The Morgan fingerprint density at radius 2 is 1.15 bits per heavy atom. The van der Waals surface area contributed by atoms with E-state index in [2.05, 4.69) is 0 Å². The summed E-state index contributed by atoms with van der Waals surface area (Å²) in [6, 6.07) is 0. The van der Waals surface area contributed by atoms with Crippen molar-refractivity contribution in [3.63, 3.8) is 0 Å². The summed E-state index contributed by atoms with van der Waals surface area (Å²) in [6.07, 6.45) is -10.9. The molecule has 0 aliphatic heterocycles. The second-order valence-corrected chi connectivity index (χ2v) is 3.09. The average molecular weight is 281 g/mol. The van der Waals surface area contributed by atoms with Crippen molar-refractivity contribution in [1.82, 2.24) is 0 Å². The van der Waals surface area contributed by atoms with Gasteiger partial charge in [-0.3, -0.25) is 0 Å². The highest BCUT2D eigenvalue weighted by Gasteiger charge is 2.73. The van der Waals surface area contributed by atoms with Gasteiger partial charge < -0.3 is 0 Å². The second kappa shape index (κ2) is 3.25. The Kier molecular flexibility index (Phi) is 3.23. The van der Waals surface area contributed by atoms with Gasteiger partial charge in [0, 0.05) is 0 Å². The van der Waals surface area contributed by atoms with Crippen molar-refractivity contribution in [1.29, 1.82) is 0 Å². The highest BCUT2D eigenvalue weighted by atomic mass is 79.9. The molecule has 0 radical (unpaired) electrons. The summed E-state index contributed by atoms with van der Waals surface area (Å²) in [5.74, 6) is -5.83. The van der Waals surface area contributed by atoms with E-state index < -0.39 is 23.1 Å². The number of halogens is 9. The Labute approximate surface area is 75.0 Å². The zero-order valence-corrected chi connectivity index (χ0v) is 7.07. The van der Waals surface area contributed by atoms with Gasteiger partial charge in [-0.25, -0.2) is 13.2 Å². The molecule has 9 heteroatoms. The van der Waals surface area contributed by atoms with E-state index in [0.717, 1.165) is 15.9 Å². The van der Waals surface area contributed by atoms with Crippen molar-refractivity contribution in [2.45, 2.75) is 23.1 Å². The standard InChI is InChI=1S/C4HBrF8/c5-3(10,4(11,12)13)2(8,9)1(6)7/h1H. The Morgan fingerprint density at radius 1 is 0.846 bits per heavy atom. The van der Waals surface area contributed by atoms with E-state index in [9.17, 15) is 35.1 Å². The molecular weight excluding hydrogens is 280 g/mol. The molecule has 0 fully saturated rings. The fraction of sp³-hybridized carbons (Fsp3) is 1.00. The molecule has 0 nitrogen and oxygen atoms in total. The van der Waals surface area contributed by atoms with Gasteiger partial charge in [-0.1, -0.05) is 0 Å². The molecule has 0 rings (SSSR count). The summed E-state index contributed by atoms with van der Waals surface area (Å²) >= 11 is 0.903. The van der Waals surface area contributed by atoms with Crippen LogP contribution in [0.1, 0.15) is 0 Å². The summed E-state index contributed by atoms with van der Waals surface area (Å²) in [5.41, 5.74) is 0. The van der Waals surface area contributed by atoms with Crippen molar-refractivity contribution in [2.75, 3.05) is 0 Å². The molecule has 0 amide bonds. The number of alkyl halides is 9. The molecule has 0 aromatic heterocycles. The number of hydrogen-bond acceptors (Lipinski definition) is 0. The Bertz CT molecular complexity index is 181. The van der Waals surface area contributed by atoms with Crippen molar-refractivity contribution in [3.8, 4) is 0 Å². The first-order valence-corrected chi connectivity index (χ1v) is 3.34. The molecular formula is C4HBrF8. The van der Waals surface area contributed by atoms with Crippen LogP contribution in [0.2, 0.25) is 0 Å². The molecule has 0 saturated carbocycles. The van der Waals surface area contributed by atoms with Crippen LogP contribution < -0.4 is 0 Å². The Hall–Kier alpha value is -0.0800. The molecule has 0 aliphatic rings. The molecule has 80 valence electrons. The fourth-order valence-electron chi connectivity index (χ4n) is 0.326. The van der Waals surface area contributed by atoms with Gasteiger partial charge in [0.1, 0.15) is 0 Å². The van der Waals surface area contributed by atoms with E-state index in [1.807, 2.05) is 0 Å². The lowest BCUT2D eigenvalue weighted by molar-refractivity contribution is -0.287. The molecule has 1 atom stereocenters. The minimum absolute atomic E-state index is 0.903. The molecule has 1 unspecified atom stereocenters. The molecule has 0 heterocycles. The van der Waals surface area contributed by atoms with E-state index in [-0.39, 0.29) is 0 Å². The molecule has 0 N–H and O–H groups in total. The highest BCUT2D eigenvalue weighted by molar-refractivity contribution is 9.10. The largest absolute Gasteiger partial charge is 0.439 e. The number of hydrogen-bond donors (Lipinski definition) is 0. The van der Waals surface area contributed by atoms with Gasteiger partial charge in [-0.15, -0.1) is 0 Å². The molecule has 0 bridgehead atoms. The smallest absolute Gasteiger partial charge is 0.214 e. The van der Waals surface area contributed by atoms with Crippen LogP contribution >= 0.6 is 15.9 Å². The monoisotopic (exact) mass is 280 g/mol. The lowest BCUT2D eigenvalue weighted by Crippen LogP contribution is -2.54. The van der Waals surface area contributed by atoms with Crippen LogP contribution in [0, 0.1) is 0 Å². The molecule has 0 aliphatic carbocycles. The third-order valence-corrected chi connectivity index (χ3v) is 2.03. The van der Waals surface area contributed by atoms with Gasteiger partial charge in [0.2, 0.25) is 0 Å². The van der Waals surface area contributed by atoms with Gasteiger partial charge in [0.15, 0.2) is 0 Å². The zero-order valence-electron chi connectivity index (χ0n) is 5.48. The van der Waals surface area contributed by atoms with Crippen LogP contribution in [-0.4, -0.2) is 23.1 Å². The van der Waals surface area contributed by atoms with Gasteiger partial charge in [0.05, 0.1) is 0 Å². The van der Waals surface area contributed by atoms with E-state index in [0.29, 0.717) is 0 Å². The van der Waals surface area contributed by atoms with Crippen molar-refractivity contribution < 1.29 is 35.1 Å². The third kappa shape index (κ3) is 2.05. The second-order valence-electron chi connectivity index (χ2n) is 2.00. The van der Waals surface area contributed by atoms with E-state index >= 15 is 0 Å². The van der Waals surface area contributed by atoms with Gasteiger partial charge in [-0.05, 0) is 15.9 Å². The van der Waals surface area contributed by atoms with Gasteiger partial charge in [-0.2, -0.15) is 22.0 Å². The first-order chi connectivity index (χ1) is 5.44. The van der Waals surface area contributed by atoms with E-state index in [1.165, 1.54) is 0 Å². The van der Waals surface area contributed by atoms with Gasteiger partial charge in [0.25, 0.3) is 0 Å². The predicted octanol–water partition coefficient (Wildman–Crippen LogP) is 3.51. The van der Waals surface area contributed by atoms with Crippen LogP contribution in [-0.2, 0) is 0 Å². The minimum atomic E-state index is -6.12. The quantitative estimate of drug-likeness (QED) is 0.536. The summed E-state index contributed by atoms with van der Waals surface area (Å²) in [6.45, 7) is 0. The highest BCUT2D eigenvalue weighted by Crippen LogP contribution is 2.51. The number of rotatable bonds is 2. The first-order valence-electron chi connectivity index (χ1n) is 2.55. The molecule has 0 aromatic rings. The Morgan fingerprint density at radius 3 is 1.23 bits per heavy atom.